The van der Waals surface area contributed by atoms with Gasteiger partial charge in [-0.1, -0.05) is 12.1 Å². The van der Waals surface area contributed by atoms with Crippen molar-refractivity contribution in [1.82, 2.24) is 4.90 Å². The molecule has 0 saturated carbocycles. The summed E-state index contributed by atoms with van der Waals surface area (Å²) in [5.74, 6) is -0.587. The topological polar surface area (TPSA) is 55.6 Å². The summed E-state index contributed by atoms with van der Waals surface area (Å²) in [4.78, 5) is 13.5. The molecule has 6 heteroatoms. The van der Waals surface area contributed by atoms with Crippen molar-refractivity contribution in [3.63, 3.8) is 0 Å². The molecule has 0 aromatic heterocycles. The van der Waals surface area contributed by atoms with Gasteiger partial charge < -0.3 is 10.5 Å². The molecule has 0 radical (unpaired) electrons. The van der Waals surface area contributed by atoms with Gasteiger partial charge in [0.1, 0.15) is 23.4 Å². The van der Waals surface area contributed by atoms with E-state index in [0.717, 1.165) is 0 Å². The molecule has 1 unspecified atom stereocenters. The Labute approximate surface area is 139 Å². The Kier molecular flexibility index (Phi) is 6.26. The smallest absolute Gasteiger partial charge is 0.239 e. The minimum absolute atomic E-state index is 0.314. The average molecular weight is 334 g/mol. The lowest BCUT2D eigenvalue weighted by molar-refractivity contribution is -0.123. The standard InChI is InChI=1S/C18H20F2N2O2/c1-22(11-2-12-24-16-9-7-15(20)8-10-16)17(18(21)23)13-3-5-14(19)6-4-13/h3-10,17H,2,11-12H2,1H3,(H2,21,23). The number of carbonyl (C=O) groups is 1. The fourth-order valence-electron chi connectivity index (χ4n) is 2.44. The molecule has 0 fully saturated rings. The molecule has 1 amide bonds. The maximum absolute atomic E-state index is 13.0. The lowest BCUT2D eigenvalue weighted by Crippen LogP contribution is -2.36. The Morgan fingerprint density at radius 2 is 1.62 bits per heavy atom. The van der Waals surface area contributed by atoms with Crippen molar-refractivity contribution >= 4 is 5.91 Å². The molecule has 0 bridgehead atoms. The molecule has 1 atom stereocenters. The van der Waals surface area contributed by atoms with Crippen LogP contribution in [0.5, 0.6) is 5.75 Å². The number of rotatable bonds is 8. The van der Waals surface area contributed by atoms with Crippen LogP contribution in [0.1, 0.15) is 18.0 Å². The lowest BCUT2D eigenvalue weighted by Gasteiger charge is -2.25. The Hall–Kier alpha value is -2.47. The number of hydrogen-bond donors (Lipinski definition) is 1. The molecule has 4 nitrogen and oxygen atoms in total. The molecule has 2 aromatic carbocycles. The van der Waals surface area contributed by atoms with E-state index in [1.165, 1.54) is 24.3 Å². The Balaban J connectivity index is 1.86. The van der Waals surface area contributed by atoms with E-state index in [1.807, 2.05) is 0 Å². The zero-order chi connectivity index (χ0) is 17.5. The van der Waals surface area contributed by atoms with Crippen molar-refractivity contribution in [2.75, 3.05) is 20.2 Å². The van der Waals surface area contributed by atoms with Crippen molar-refractivity contribution in [2.45, 2.75) is 12.5 Å². The van der Waals surface area contributed by atoms with Crippen LogP contribution in [0.15, 0.2) is 48.5 Å². The number of carbonyl (C=O) groups excluding carboxylic acids is 1. The quantitative estimate of drug-likeness (QED) is 0.755. The summed E-state index contributed by atoms with van der Waals surface area (Å²) < 4.78 is 31.3. The summed E-state index contributed by atoms with van der Waals surface area (Å²) in [6.07, 6.45) is 0.652. The molecule has 2 rings (SSSR count). The summed E-state index contributed by atoms with van der Waals surface area (Å²) >= 11 is 0. The van der Waals surface area contributed by atoms with E-state index in [0.29, 0.717) is 30.9 Å². The molecular formula is C18H20F2N2O2. The van der Waals surface area contributed by atoms with Crippen LogP contribution in [-0.2, 0) is 4.79 Å². The fraction of sp³-hybridized carbons (Fsp3) is 0.278. The summed E-state index contributed by atoms with van der Waals surface area (Å²) in [7, 11) is 1.77. The number of likely N-dealkylation sites (N-methyl/N-ethyl adjacent to an activating group) is 1. The van der Waals surface area contributed by atoms with Gasteiger partial charge in [0.2, 0.25) is 5.91 Å². The highest BCUT2D eigenvalue weighted by Crippen LogP contribution is 2.20. The number of nitrogens with zero attached hydrogens (tertiary/aromatic N) is 1. The number of hydrogen-bond acceptors (Lipinski definition) is 3. The van der Waals surface area contributed by atoms with Gasteiger partial charge in [-0.3, -0.25) is 9.69 Å². The molecule has 0 heterocycles. The van der Waals surface area contributed by atoms with Gasteiger partial charge in [0.25, 0.3) is 0 Å². The van der Waals surface area contributed by atoms with Crippen LogP contribution in [0, 0.1) is 11.6 Å². The largest absolute Gasteiger partial charge is 0.494 e. The second-order valence-electron chi connectivity index (χ2n) is 5.49. The van der Waals surface area contributed by atoms with Crippen molar-refractivity contribution < 1.29 is 18.3 Å². The van der Waals surface area contributed by atoms with Gasteiger partial charge >= 0.3 is 0 Å². The fourth-order valence-corrected chi connectivity index (χ4v) is 2.44. The number of halogens is 2. The van der Waals surface area contributed by atoms with E-state index < -0.39 is 11.9 Å². The van der Waals surface area contributed by atoms with E-state index in [4.69, 9.17) is 10.5 Å². The Morgan fingerprint density at radius 1 is 1.08 bits per heavy atom. The maximum atomic E-state index is 13.0. The molecule has 2 aromatic rings. The second-order valence-corrected chi connectivity index (χ2v) is 5.49. The van der Waals surface area contributed by atoms with Gasteiger partial charge in [-0.15, -0.1) is 0 Å². The van der Waals surface area contributed by atoms with Crippen LogP contribution in [-0.4, -0.2) is 31.0 Å². The third-order valence-electron chi connectivity index (χ3n) is 3.63. The molecule has 0 aliphatic rings. The average Bonchev–Trinajstić information content (AvgIpc) is 2.55. The summed E-state index contributed by atoms with van der Waals surface area (Å²) in [6, 6.07) is 10.9. The molecule has 128 valence electrons. The minimum Gasteiger partial charge on any atom is -0.494 e. The van der Waals surface area contributed by atoms with E-state index in [1.54, 1.807) is 36.2 Å². The first-order valence-electron chi connectivity index (χ1n) is 7.61. The monoisotopic (exact) mass is 334 g/mol. The highest BCUT2D eigenvalue weighted by molar-refractivity contribution is 5.81. The van der Waals surface area contributed by atoms with Gasteiger partial charge in [0.05, 0.1) is 6.61 Å². The first kappa shape index (κ1) is 17.9. The molecule has 0 spiro atoms. The maximum Gasteiger partial charge on any atom is 0.239 e. The third-order valence-corrected chi connectivity index (χ3v) is 3.63. The zero-order valence-electron chi connectivity index (χ0n) is 13.4. The first-order valence-corrected chi connectivity index (χ1v) is 7.61. The summed E-state index contributed by atoms with van der Waals surface area (Å²) in [5.41, 5.74) is 6.12. The third kappa shape index (κ3) is 5.03. The number of primary amides is 1. The number of nitrogens with two attached hydrogens (primary N) is 1. The van der Waals surface area contributed by atoms with Crippen LogP contribution in [0.25, 0.3) is 0 Å². The SMILES string of the molecule is CN(CCCOc1ccc(F)cc1)C(C(N)=O)c1ccc(F)cc1. The molecule has 0 aliphatic carbocycles. The Morgan fingerprint density at radius 3 is 2.17 bits per heavy atom. The highest BCUT2D eigenvalue weighted by Gasteiger charge is 2.22. The van der Waals surface area contributed by atoms with Crippen LogP contribution in [0.4, 0.5) is 8.78 Å². The Bertz CT molecular complexity index is 660. The zero-order valence-corrected chi connectivity index (χ0v) is 13.4. The van der Waals surface area contributed by atoms with Crippen LogP contribution in [0.3, 0.4) is 0 Å². The van der Waals surface area contributed by atoms with E-state index in [2.05, 4.69) is 0 Å². The molecule has 2 N–H and O–H groups in total. The predicted octanol–water partition coefficient (Wildman–Crippen LogP) is 2.89. The van der Waals surface area contributed by atoms with Crippen LogP contribution >= 0.6 is 0 Å². The molecular weight excluding hydrogens is 314 g/mol. The highest BCUT2D eigenvalue weighted by atomic mass is 19.1. The van der Waals surface area contributed by atoms with E-state index in [9.17, 15) is 13.6 Å². The second kappa shape index (κ2) is 8.40. The molecule has 0 aliphatic heterocycles. The number of amides is 1. The van der Waals surface area contributed by atoms with Crippen molar-refractivity contribution in [3.05, 3.63) is 65.7 Å². The minimum atomic E-state index is -0.628. The predicted molar refractivity (Wildman–Crippen MR) is 87.5 cm³/mol. The summed E-state index contributed by atoms with van der Waals surface area (Å²) in [6.45, 7) is 0.983. The normalized spacial score (nSPS) is 12.2. The lowest BCUT2D eigenvalue weighted by atomic mass is 10.0. The van der Waals surface area contributed by atoms with Gasteiger partial charge in [0, 0.05) is 6.54 Å². The number of benzene rings is 2. The van der Waals surface area contributed by atoms with Crippen LogP contribution in [0.2, 0.25) is 0 Å². The van der Waals surface area contributed by atoms with E-state index in [-0.39, 0.29) is 11.6 Å². The van der Waals surface area contributed by atoms with Gasteiger partial charge in [-0.25, -0.2) is 8.78 Å². The van der Waals surface area contributed by atoms with E-state index >= 15 is 0 Å². The van der Waals surface area contributed by atoms with Crippen LogP contribution < -0.4 is 10.5 Å². The summed E-state index contributed by atoms with van der Waals surface area (Å²) in [5, 5.41) is 0. The number of ether oxygens (including phenoxy) is 1. The molecule has 0 saturated heterocycles. The first-order chi connectivity index (χ1) is 11.5. The van der Waals surface area contributed by atoms with Gasteiger partial charge in [-0.2, -0.15) is 0 Å². The van der Waals surface area contributed by atoms with Crippen molar-refractivity contribution in [2.24, 2.45) is 5.73 Å². The van der Waals surface area contributed by atoms with Crippen molar-refractivity contribution in [1.29, 1.82) is 0 Å². The van der Waals surface area contributed by atoms with Gasteiger partial charge in [0.15, 0.2) is 0 Å². The van der Waals surface area contributed by atoms with Gasteiger partial charge in [-0.05, 0) is 55.4 Å². The van der Waals surface area contributed by atoms with Crippen molar-refractivity contribution in [3.8, 4) is 5.75 Å². The molecule has 24 heavy (non-hydrogen) atoms.